The SMILES string of the molecule is CC1(C)/C(=C\CC(=O)O)[C@H]2CC[C@@H]1C2. The molecular formula is C12H18O2. The highest BCUT2D eigenvalue weighted by atomic mass is 16.4. The minimum atomic E-state index is -0.712. The van der Waals surface area contributed by atoms with Crippen molar-refractivity contribution in [2.75, 3.05) is 0 Å². The predicted molar refractivity (Wildman–Crippen MR) is 54.9 cm³/mol. The molecule has 2 aliphatic rings. The first-order valence-electron chi connectivity index (χ1n) is 5.44. The van der Waals surface area contributed by atoms with E-state index in [0.29, 0.717) is 5.92 Å². The van der Waals surface area contributed by atoms with E-state index in [0.717, 1.165) is 5.92 Å². The Morgan fingerprint density at radius 3 is 2.79 bits per heavy atom. The molecular weight excluding hydrogens is 176 g/mol. The van der Waals surface area contributed by atoms with E-state index in [1.54, 1.807) is 0 Å². The summed E-state index contributed by atoms with van der Waals surface area (Å²) in [5.74, 6) is 0.776. The second-order valence-electron chi connectivity index (χ2n) is 5.19. The van der Waals surface area contributed by atoms with Gasteiger partial charge in [-0.25, -0.2) is 0 Å². The third-order valence-electron chi connectivity index (χ3n) is 4.13. The van der Waals surface area contributed by atoms with Crippen LogP contribution < -0.4 is 0 Å². The average molecular weight is 194 g/mol. The van der Waals surface area contributed by atoms with Gasteiger partial charge in [-0.15, -0.1) is 0 Å². The molecule has 0 aromatic carbocycles. The number of rotatable bonds is 2. The molecule has 2 nitrogen and oxygen atoms in total. The van der Waals surface area contributed by atoms with Crippen molar-refractivity contribution in [2.45, 2.75) is 39.5 Å². The van der Waals surface area contributed by atoms with Gasteiger partial charge in [0.1, 0.15) is 0 Å². The van der Waals surface area contributed by atoms with Gasteiger partial charge in [0.25, 0.3) is 0 Å². The molecule has 2 aliphatic carbocycles. The highest BCUT2D eigenvalue weighted by Crippen LogP contribution is 2.58. The van der Waals surface area contributed by atoms with Crippen LogP contribution in [-0.2, 0) is 4.79 Å². The van der Waals surface area contributed by atoms with Crippen molar-refractivity contribution in [3.63, 3.8) is 0 Å². The van der Waals surface area contributed by atoms with E-state index < -0.39 is 5.97 Å². The lowest BCUT2D eigenvalue weighted by Crippen LogP contribution is -2.22. The van der Waals surface area contributed by atoms with Crippen molar-refractivity contribution in [3.05, 3.63) is 11.6 Å². The third kappa shape index (κ3) is 1.37. The number of aliphatic carboxylic acids is 1. The number of hydrogen-bond donors (Lipinski definition) is 1. The molecule has 0 heterocycles. The number of carbonyl (C=O) groups is 1. The number of fused-ring (bicyclic) bond motifs is 2. The van der Waals surface area contributed by atoms with Crippen LogP contribution in [0.5, 0.6) is 0 Å². The van der Waals surface area contributed by atoms with Gasteiger partial charge in [-0.1, -0.05) is 25.5 Å². The van der Waals surface area contributed by atoms with Gasteiger partial charge in [0, 0.05) is 0 Å². The third-order valence-corrected chi connectivity index (χ3v) is 4.13. The smallest absolute Gasteiger partial charge is 0.307 e. The fourth-order valence-electron chi connectivity index (χ4n) is 3.31. The van der Waals surface area contributed by atoms with E-state index in [1.807, 2.05) is 6.08 Å². The summed E-state index contributed by atoms with van der Waals surface area (Å²) in [6.45, 7) is 4.54. The Morgan fingerprint density at radius 2 is 2.29 bits per heavy atom. The van der Waals surface area contributed by atoms with Crippen molar-refractivity contribution in [3.8, 4) is 0 Å². The molecule has 0 aromatic rings. The van der Waals surface area contributed by atoms with Gasteiger partial charge in [-0.2, -0.15) is 0 Å². The highest BCUT2D eigenvalue weighted by Gasteiger charge is 2.48. The molecule has 14 heavy (non-hydrogen) atoms. The molecule has 0 unspecified atom stereocenters. The van der Waals surface area contributed by atoms with Crippen molar-refractivity contribution in [1.29, 1.82) is 0 Å². The molecule has 0 spiro atoms. The molecule has 2 heteroatoms. The Kier molecular flexibility index (Phi) is 2.17. The lowest BCUT2D eigenvalue weighted by atomic mass is 9.72. The molecule has 0 radical (unpaired) electrons. The van der Waals surface area contributed by atoms with Crippen LogP contribution in [0.1, 0.15) is 39.5 Å². The first-order chi connectivity index (χ1) is 6.51. The van der Waals surface area contributed by atoms with Gasteiger partial charge in [-0.3, -0.25) is 4.79 Å². The minimum Gasteiger partial charge on any atom is -0.481 e. The van der Waals surface area contributed by atoms with Crippen LogP contribution in [0.25, 0.3) is 0 Å². The summed E-state index contributed by atoms with van der Waals surface area (Å²) in [5.41, 5.74) is 1.68. The van der Waals surface area contributed by atoms with Crippen molar-refractivity contribution in [1.82, 2.24) is 0 Å². The molecule has 2 fully saturated rings. The lowest BCUT2D eigenvalue weighted by molar-refractivity contribution is -0.136. The molecule has 1 N–H and O–H groups in total. The molecule has 0 saturated heterocycles. The van der Waals surface area contributed by atoms with Gasteiger partial charge >= 0.3 is 5.97 Å². The highest BCUT2D eigenvalue weighted by molar-refractivity contribution is 5.68. The van der Waals surface area contributed by atoms with Crippen molar-refractivity contribution < 1.29 is 9.90 Å². The normalized spacial score (nSPS) is 36.6. The Labute approximate surface area is 85.0 Å². The Hall–Kier alpha value is -0.790. The van der Waals surface area contributed by atoms with E-state index in [-0.39, 0.29) is 11.8 Å². The molecule has 0 aromatic heterocycles. The van der Waals surface area contributed by atoms with E-state index in [4.69, 9.17) is 5.11 Å². The zero-order chi connectivity index (χ0) is 10.3. The van der Waals surface area contributed by atoms with Crippen LogP contribution in [-0.4, -0.2) is 11.1 Å². The van der Waals surface area contributed by atoms with Gasteiger partial charge < -0.3 is 5.11 Å². The second kappa shape index (κ2) is 3.11. The largest absolute Gasteiger partial charge is 0.481 e. The Morgan fingerprint density at radius 1 is 1.57 bits per heavy atom. The zero-order valence-corrected chi connectivity index (χ0v) is 8.92. The molecule has 78 valence electrons. The first-order valence-corrected chi connectivity index (χ1v) is 5.44. The fraction of sp³-hybridized carbons (Fsp3) is 0.750. The van der Waals surface area contributed by atoms with E-state index >= 15 is 0 Å². The van der Waals surface area contributed by atoms with Crippen LogP contribution in [0, 0.1) is 17.3 Å². The van der Waals surface area contributed by atoms with Gasteiger partial charge in [-0.05, 0) is 36.5 Å². The monoisotopic (exact) mass is 194 g/mol. The molecule has 2 rings (SSSR count). The summed E-state index contributed by atoms with van der Waals surface area (Å²) in [5, 5.41) is 8.67. The molecule has 0 amide bonds. The maximum absolute atomic E-state index is 10.5. The van der Waals surface area contributed by atoms with E-state index in [1.165, 1.54) is 24.8 Å². The number of hydrogen-bond acceptors (Lipinski definition) is 1. The summed E-state index contributed by atoms with van der Waals surface area (Å²) >= 11 is 0. The number of carboxylic acids is 1. The quantitative estimate of drug-likeness (QED) is 0.686. The second-order valence-corrected chi connectivity index (χ2v) is 5.19. The van der Waals surface area contributed by atoms with Crippen LogP contribution in [0.4, 0.5) is 0 Å². The predicted octanol–water partition coefficient (Wildman–Crippen LogP) is 2.84. The molecule has 0 aliphatic heterocycles. The van der Waals surface area contributed by atoms with Crippen molar-refractivity contribution >= 4 is 5.97 Å². The summed E-state index contributed by atoms with van der Waals surface area (Å²) in [7, 11) is 0. The van der Waals surface area contributed by atoms with Crippen molar-refractivity contribution in [2.24, 2.45) is 17.3 Å². The number of carboxylic acid groups (broad SMARTS) is 1. The standard InChI is InChI=1S/C12H18O2/c1-12(2)9-4-3-8(7-9)10(12)5-6-11(13)14/h5,8-9H,3-4,6-7H2,1-2H3,(H,13,14)/b10-5-/t8-,9+/m0/s1. The summed E-state index contributed by atoms with van der Waals surface area (Å²) in [6.07, 6.45) is 6.06. The van der Waals surface area contributed by atoms with Gasteiger partial charge in [0.15, 0.2) is 0 Å². The van der Waals surface area contributed by atoms with Crippen LogP contribution in [0.15, 0.2) is 11.6 Å². The van der Waals surface area contributed by atoms with E-state index in [2.05, 4.69) is 13.8 Å². The van der Waals surface area contributed by atoms with Crippen LogP contribution >= 0.6 is 0 Å². The molecule has 2 atom stereocenters. The minimum absolute atomic E-state index is 0.196. The van der Waals surface area contributed by atoms with Crippen LogP contribution in [0.3, 0.4) is 0 Å². The summed E-state index contributed by atoms with van der Waals surface area (Å²) in [4.78, 5) is 10.5. The first kappa shape index (κ1) is 9.75. The molecule has 2 saturated carbocycles. The summed E-state index contributed by atoms with van der Waals surface area (Å²) in [6, 6.07) is 0. The zero-order valence-electron chi connectivity index (χ0n) is 8.92. The maximum Gasteiger partial charge on any atom is 0.307 e. The van der Waals surface area contributed by atoms with Gasteiger partial charge in [0.2, 0.25) is 0 Å². The van der Waals surface area contributed by atoms with Gasteiger partial charge in [0.05, 0.1) is 6.42 Å². The van der Waals surface area contributed by atoms with Crippen LogP contribution in [0.2, 0.25) is 0 Å². The fourth-order valence-corrected chi connectivity index (χ4v) is 3.31. The Balaban J connectivity index is 2.19. The lowest BCUT2D eigenvalue weighted by Gasteiger charge is -2.32. The number of allylic oxidation sites excluding steroid dienone is 1. The summed E-state index contributed by atoms with van der Waals surface area (Å²) < 4.78 is 0. The molecule has 2 bridgehead atoms. The average Bonchev–Trinajstić information content (AvgIpc) is 2.59. The van der Waals surface area contributed by atoms with E-state index in [9.17, 15) is 4.79 Å². The topological polar surface area (TPSA) is 37.3 Å². The Bertz CT molecular complexity index is 289. The maximum atomic E-state index is 10.5.